The number of fused-ring (bicyclic) bond motifs is 1. The van der Waals surface area contributed by atoms with E-state index in [4.69, 9.17) is 5.11 Å². The highest BCUT2D eigenvalue weighted by Crippen LogP contribution is 2.34. The van der Waals surface area contributed by atoms with Gasteiger partial charge in [0.2, 0.25) is 10.0 Å². The molecule has 108 valence electrons. The Hall–Kier alpha value is -1.48. The van der Waals surface area contributed by atoms with Crippen LogP contribution >= 0.6 is 11.3 Å². The highest BCUT2D eigenvalue weighted by molar-refractivity contribution is 7.90. The zero-order valence-electron chi connectivity index (χ0n) is 10.5. The van der Waals surface area contributed by atoms with E-state index in [-0.39, 0.29) is 16.4 Å². The summed E-state index contributed by atoms with van der Waals surface area (Å²) in [6, 6.07) is 5.90. The van der Waals surface area contributed by atoms with Crippen molar-refractivity contribution in [3.63, 3.8) is 0 Å². The van der Waals surface area contributed by atoms with Crippen LogP contribution in [0.5, 0.6) is 0 Å². The first-order valence-electron chi connectivity index (χ1n) is 5.75. The van der Waals surface area contributed by atoms with Crippen molar-refractivity contribution < 1.29 is 23.4 Å². The van der Waals surface area contributed by atoms with Crippen LogP contribution in [0.1, 0.15) is 16.6 Å². The third-order valence-electron chi connectivity index (χ3n) is 2.64. The van der Waals surface area contributed by atoms with Gasteiger partial charge in [-0.1, -0.05) is 18.2 Å². The van der Waals surface area contributed by atoms with Crippen molar-refractivity contribution in [1.29, 1.82) is 0 Å². The lowest BCUT2D eigenvalue weighted by Crippen LogP contribution is -2.35. The first kappa shape index (κ1) is 14.9. The SMILES string of the molecule is CC(CO)NS(=O)(=O)c1c(C(=O)O)sc2ccccc12. The summed E-state index contributed by atoms with van der Waals surface area (Å²) in [6.07, 6.45) is 0. The van der Waals surface area contributed by atoms with Crippen LogP contribution in [0.15, 0.2) is 29.2 Å². The number of sulfonamides is 1. The molecule has 1 unspecified atom stereocenters. The Bertz CT molecular complexity index is 750. The fourth-order valence-electron chi connectivity index (χ4n) is 1.79. The smallest absolute Gasteiger partial charge is 0.347 e. The molecule has 0 aliphatic carbocycles. The number of benzene rings is 1. The van der Waals surface area contributed by atoms with E-state index in [2.05, 4.69) is 4.72 Å². The second-order valence-corrected chi connectivity index (χ2v) is 6.97. The molecule has 6 nitrogen and oxygen atoms in total. The van der Waals surface area contributed by atoms with Crippen molar-refractivity contribution in [2.75, 3.05) is 6.61 Å². The van der Waals surface area contributed by atoms with Gasteiger partial charge in [-0.05, 0) is 13.0 Å². The van der Waals surface area contributed by atoms with Crippen LogP contribution in [0.2, 0.25) is 0 Å². The van der Waals surface area contributed by atoms with E-state index in [1.54, 1.807) is 24.3 Å². The second kappa shape index (κ2) is 5.49. The Morgan fingerprint density at radius 1 is 1.40 bits per heavy atom. The van der Waals surface area contributed by atoms with E-state index < -0.39 is 22.0 Å². The molecule has 0 aliphatic heterocycles. The predicted octanol–water partition coefficient (Wildman–Crippen LogP) is 1.26. The molecule has 0 amide bonds. The van der Waals surface area contributed by atoms with E-state index >= 15 is 0 Å². The maximum absolute atomic E-state index is 12.3. The summed E-state index contributed by atoms with van der Waals surface area (Å²) in [5.74, 6) is -1.29. The van der Waals surface area contributed by atoms with Crippen LogP contribution in [0.3, 0.4) is 0 Å². The Labute approximate surface area is 119 Å². The average Bonchev–Trinajstić information content (AvgIpc) is 2.78. The molecule has 1 atom stereocenters. The summed E-state index contributed by atoms with van der Waals surface area (Å²) in [6.45, 7) is 1.12. The highest BCUT2D eigenvalue weighted by atomic mass is 32.2. The van der Waals surface area contributed by atoms with Crippen molar-refractivity contribution in [3.8, 4) is 0 Å². The molecular formula is C12H13NO5S2. The summed E-state index contributed by atoms with van der Waals surface area (Å²) in [7, 11) is -4.01. The van der Waals surface area contributed by atoms with Crippen LogP contribution in [-0.4, -0.2) is 37.2 Å². The van der Waals surface area contributed by atoms with Crippen LogP contribution in [-0.2, 0) is 10.0 Å². The Kier molecular flexibility index (Phi) is 4.09. The number of carbonyl (C=O) groups is 1. The number of hydrogen-bond donors (Lipinski definition) is 3. The zero-order chi connectivity index (χ0) is 14.9. The fraction of sp³-hybridized carbons (Fsp3) is 0.250. The highest BCUT2D eigenvalue weighted by Gasteiger charge is 2.28. The zero-order valence-corrected chi connectivity index (χ0v) is 12.2. The first-order valence-corrected chi connectivity index (χ1v) is 8.05. The topological polar surface area (TPSA) is 104 Å². The quantitative estimate of drug-likeness (QED) is 0.770. The molecule has 2 rings (SSSR count). The second-order valence-electron chi connectivity index (χ2n) is 4.27. The van der Waals surface area contributed by atoms with E-state index in [1.165, 1.54) is 6.92 Å². The average molecular weight is 315 g/mol. The molecule has 0 saturated heterocycles. The molecule has 1 heterocycles. The Morgan fingerprint density at radius 2 is 2.05 bits per heavy atom. The normalized spacial score (nSPS) is 13.5. The van der Waals surface area contributed by atoms with Crippen molar-refractivity contribution >= 4 is 37.4 Å². The number of rotatable bonds is 5. The predicted molar refractivity (Wildman–Crippen MR) is 75.7 cm³/mol. The lowest BCUT2D eigenvalue weighted by atomic mass is 10.2. The van der Waals surface area contributed by atoms with Gasteiger partial charge in [-0.3, -0.25) is 0 Å². The van der Waals surface area contributed by atoms with E-state index in [9.17, 15) is 18.3 Å². The van der Waals surface area contributed by atoms with Gasteiger partial charge < -0.3 is 10.2 Å². The van der Waals surface area contributed by atoms with Crippen LogP contribution in [0.4, 0.5) is 0 Å². The third-order valence-corrected chi connectivity index (χ3v) is 5.61. The molecule has 2 aromatic rings. The summed E-state index contributed by atoms with van der Waals surface area (Å²) < 4.78 is 27.5. The van der Waals surface area contributed by atoms with Crippen LogP contribution < -0.4 is 4.72 Å². The summed E-state index contributed by atoms with van der Waals surface area (Å²) in [5, 5.41) is 18.5. The molecule has 8 heteroatoms. The molecule has 20 heavy (non-hydrogen) atoms. The van der Waals surface area contributed by atoms with E-state index in [0.717, 1.165) is 11.3 Å². The maximum atomic E-state index is 12.3. The third kappa shape index (κ3) is 2.68. The van der Waals surface area contributed by atoms with Gasteiger partial charge in [-0.25, -0.2) is 17.9 Å². The first-order chi connectivity index (χ1) is 9.36. The van der Waals surface area contributed by atoms with Crippen molar-refractivity contribution in [3.05, 3.63) is 29.1 Å². The number of carboxylic acids is 1. The van der Waals surface area contributed by atoms with E-state index in [1.807, 2.05) is 0 Å². The minimum absolute atomic E-state index is 0.233. The molecule has 0 radical (unpaired) electrons. The minimum Gasteiger partial charge on any atom is -0.477 e. The lowest BCUT2D eigenvalue weighted by Gasteiger charge is -2.11. The summed E-state index contributed by atoms with van der Waals surface area (Å²) >= 11 is 0.912. The van der Waals surface area contributed by atoms with E-state index in [0.29, 0.717) is 10.1 Å². The van der Waals surface area contributed by atoms with Crippen molar-refractivity contribution in [1.82, 2.24) is 4.72 Å². The number of thiophene rings is 1. The molecule has 0 spiro atoms. The standard InChI is InChI=1S/C12H13NO5S2/c1-7(6-14)13-20(17,18)11-8-4-2-3-5-9(8)19-10(11)12(15)16/h2-5,7,13-14H,6H2,1H3,(H,15,16). The number of aliphatic hydroxyl groups is 1. The fourth-order valence-corrected chi connectivity index (χ4v) is 4.77. The van der Waals surface area contributed by atoms with Gasteiger partial charge in [0, 0.05) is 16.1 Å². The number of aromatic carboxylic acids is 1. The minimum atomic E-state index is -4.01. The van der Waals surface area contributed by atoms with Gasteiger partial charge in [0.15, 0.2) is 0 Å². The number of carboxylic acid groups (broad SMARTS) is 1. The van der Waals surface area contributed by atoms with Gasteiger partial charge in [-0.15, -0.1) is 11.3 Å². The summed E-state index contributed by atoms with van der Waals surface area (Å²) in [4.78, 5) is 10.8. The maximum Gasteiger partial charge on any atom is 0.347 e. The molecule has 0 bridgehead atoms. The Balaban J connectivity index is 2.68. The number of hydrogen-bond acceptors (Lipinski definition) is 5. The molecule has 0 aliphatic rings. The van der Waals surface area contributed by atoms with Crippen molar-refractivity contribution in [2.24, 2.45) is 0 Å². The van der Waals surface area contributed by atoms with Gasteiger partial charge >= 0.3 is 5.97 Å². The molecule has 1 aromatic carbocycles. The number of aliphatic hydroxyl groups excluding tert-OH is 1. The van der Waals surface area contributed by atoms with Gasteiger partial charge in [0.1, 0.15) is 9.77 Å². The number of nitrogens with one attached hydrogen (secondary N) is 1. The van der Waals surface area contributed by atoms with Crippen LogP contribution in [0, 0.1) is 0 Å². The largest absolute Gasteiger partial charge is 0.477 e. The van der Waals surface area contributed by atoms with Gasteiger partial charge in [0.25, 0.3) is 0 Å². The summed E-state index contributed by atoms with van der Waals surface area (Å²) in [5.41, 5.74) is 0. The molecule has 0 saturated carbocycles. The molecule has 0 fully saturated rings. The lowest BCUT2D eigenvalue weighted by molar-refractivity contribution is 0.0698. The van der Waals surface area contributed by atoms with Crippen molar-refractivity contribution in [2.45, 2.75) is 17.9 Å². The molecule has 3 N–H and O–H groups in total. The van der Waals surface area contributed by atoms with Gasteiger partial charge in [0.05, 0.1) is 6.61 Å². The Morgan fingerprint density at radius 3 is 2.65 bits per heavy atom. The molecular weight excluding hydrogens is 302 g/mol. The monoisotopic (exact) mass is 315 g/mol. The molecule has 1 aromatic heterocycles. The van der Waals surface area contributed by atoms with Crippen LogP contribution in [0.25, 0.3) is 10.1 Å². The van der Waals surface area contributed by atoms with Gasteiger partial charge in [-0.2, -0.15) is 0 Å².